The van der Waals surface area contributed by atoms with Crippen LogP contribution >= 0.6 is 0 Å². The Kier molecular flexibility index (Phi) is 9.51. The number of aliphatic hydroxyl groups excluding tert-OH is 1. The van der Waals surface area contributed by atoms with E-state index in [-0.39, 0.29) is 53.2 Å². The van der Waals surface area contributed by atoms with Crippen LogP contribution in [0.15, 0.2) is 0 Å². The Morgan fingerprint density at radius 2 is 1.63 bits per heavy atom. The van der Waals surface area contributed by atoms with Crippen molar-refractivity contribution in [1.82, 2.24) is 0 Å². The number of rotatable bonds is 7. The lowest BCUT2D eigenvalue weighted by Crippen LogP contribution is -2.67. The van der Waals surface area contributed by atoms with Crippen molar-refractivity contribution in [3.05, 3.63) is 0 Å². The van der Waals surface area contributed by atoms with Crippen molar-refractivity contribution in [2.75, 3.05) is 6.54 Å². The SMILES string of the molecule is C[C@H]1[C@@H](O[C@@H]2CC[C@@]3(C)[C@H](CC[C@@H]4[C@@H]3C[C@H](O)[C@]3(C)[C@@H]([C@H](C)CCCN)CC[C@@H]43)C2)OC2O[C@@H](C)CC[C@H]3[C@H](C)CC[C@@H]1[C@@]23OO. The van der Waals surface area contributed by atoms with Crippen LogP contribution in [0.1, 0.15) is 131 Å². The molecule has 7 nitrogen and oxygen atoms in total. The van der Waals surface area contributed by atoms with E-state index in [1.807, 2.05) is 0 Å². The van der Waals surface area contributed by atoms with E-state index in [0.717, 1.165) is 63.8 Å². The number of nitrogens with two attached hydrogens (primary N) is 1. The molecule has 18 atom stereocenters. The summed E-state index contributed by atoms with van der Waals surface area (Å²) >= 11 is 0. The van der Waals surface area contributed by atoms with Crippen LogP contribution < -0.4 is 5.73 Å². The number of fused-ring (bicyclic) bond motifs is 5. The quantitative estimate of drug-likeness (QED) is 0.148. The first kappa shape index (κ1) is 34.2. The van der Waals surface area contributed by atoms with E-state index in [2.05, 4.69) is 41.5 Å². The van der Waals surface area contributed by atoms with Crippen LogP contribution in [-0.2, 0) is 19.1 Å². The minimum atomic E-state index is -0.816. The third-order valence-corrected chi connectivity index (χ3v) is 16.5. The van der Waals surface area contributed by atoms with E-state index in [1.165, 1.54) is 38.5 Å². The predicted molar refractivity (Wildman–Crippen MR) is 178 cm³/mol. The van der Waals surface area contributed by atoms with Crippen LogP contribution in [0.2, 0.25) is 0 Å². The molecule has 0 amide bonds. The Morgan fingerprint density at radius 1 is 0.870 bits per heavy atom. The van der Waals surface area contributed by atoms with E-state index in [1.54, 1.807) is 0 Å². The third kappa shape index (κ3) is 5.13. The van der Waals surface area contributed by atoms with Crippen molar-refractivity contribution in [2.45, 2.75) is 168 Å². The summed E-state index contributed by atoms with van der Waals surface area (Å²) in [7, 11) is 0. The summed E-state index contributed by atoms with van der Waals surface area (Å²) in [6, 6.07) is 0. The molecule has 0 aromatic rings. The van der Waals surface area contributed by atoms with E-state index in [0.29, 0.717) is 35.5 Å². The van der Waals surface area contributed by atoms with Gasteiger partial charge in [-0.05, 0) is 162 Å². The van der Waals surface area contributed by atoms with Crippen LogP contribution in [0.4, 0.5) is 0 Å². The summed E-state index contributed by atoms with van der Waals surface area (Å²) in [6.07, 6.45) is 14.9. The summed E-state index contributed by atoms with van der Waals surface area (Å²) < 4.78 is 20.2. The summed E-state index contributed by atoms with van der Waals surface area (Å²) in [6.45, 7) is 14.9. The van der Waals surface area contributed by atoms with Gasteiger partial charge in [-0.15, -0.1) is 0 Å². The first-order chi connectivity index (χ1) is 22.0. The highest BCUT2D eigenvalue weighted by atomic mass is 17.1. The molecule has 7 heteroatoms. The van der Waals surface area contributed by atoms with Crippen LogP contribution in [-0.4, -0.2) is 53.4 Å². The van der Waals surface area contributed by atoms with Crippen LogP contribution in [0.25, 0.3) is 0 Å². The van der Waals surface area contributed by atoms with Gasteiger partial charge in [0.2, 0.25) is 0 Å². The van der Waals surface area contributed by atoms with Crippen molar-refractivity contribution in [1.29, 1.82) is 0 Å². The van der Waals surface area contributed by atoms with E-state index < -0.39 is 11.9 Å². The van der Waals surface area contributed by atoms with Crippen molar-refractivity contribution in [3.63, 3.8) is 0 Å². The minimum absolute atomic E-state index is 0.0497. The topological polar surface area (TPSA) is 103 Å². The maximum Gasteiger partial charge on any atom is 0.193 e. The van der Waals surface area contributed by atoms with Crippen LogP contribution in [0.3, 0.4) is 0 Å². The molecule has 5 saturated carbocycles. The maximum absolute atomic E-state index is 12.0. The second kappa shape index (κ2) is 12.8. The highest BCUT2D eigenvalue weighted by Crippen LogP contribution is 2.68. The average Bonchev–Trinajstić information content (AvgIpc) is 3.32. The lowest BCUT2D eigenvalue weighted by Gasteiger charge is -2.63. The molecule has 264 valence electrons. The normalized spacial score (nSPS) is 55.8. The van der Waals surface area contributed by atoms with Crippen LogP contribution in [0.5, 0.6) is 0 Å². The molecule has 7 aliphatic rings. The molecule has 46 heavy (non-hydrogen) atoms. The molecule has 0 radical (unpaired) electrons. The molecule has 1 unspecified atom stereocenters. The van der Waals surface area contributed by atoms with Gasteiger partial charge in [0.1, 0.15) is 0 Å². The van der Waals surface area contributed by atoms with Crippen molar-refractivity contribution in [2.24, 2.45) is 75.7 Å². The molecule has 0 aromatic carbocycles. The molecule has 7 rings (SSSR count). The Hall–Kier alpha value is -0.280. The zero-order valence-corrected chi connectivity index (χ0v) is 29.9. The molecule has 0 spiro atoms. The zero-order chi connectivity index (χ0) is 32.6. The molecule has 2 aliphatic heterocycles. The van der Waals surface area contributed by atoms with E-state index in [4.69, 9.17) is 24.8 Å². The lowest BCUT2D eigenvalue weighted by atomic mass is 9.43. The van der Waals surface area contributed by atoms with Crippen molar-refractivity contribution < 1.29 is 29.5 Å². The molecule has 2 saturated heterocycles. The van der Waals surface area contributed by atoms with Gasteiger partial charge in [0.25, 0.3) is 0 Å². The first-order valence-electron chi connectivity index (χ1n) is 19.7. The highest BCUT2D eigenvalue weighted by molar-refractivity contribution is 5.13. The monoisotopic (exact) mass is 645 g/mol. The molecule has 4 N–H and O–H groups in total. The van der Waals surface area contributed by atoms with Gasteiger partial charge >= 0.3 is 0 Å². The van der Waals surface area contributed by atoms with Gasteiger partial charge in [0.05, 0.1) is 18.3 Å². The summed E-state index contributed by atoms with van der Waals surface area (Å²) in [4.78, 5) is 5.54. The van der Waals surface area contributed by atoms with Gasteiger partial charge < -0.3 is 25.1 Å². The van der Waals surface area contributed by atoms with Gasteiger partial charge in [-0.3, -0.25) is 5.26 Å². The van der Waals surface area contributed by atoms with Gasteiger partial charge in [0.15, 0.2) is 18.2 Å². The standard InChI is InChI=1S/C39H67NO6/c1-22(8-7-19-40)29-15-16-32-28-12-11-26-20-27(17-18-37(26,5)33(28)21-34(41)38(29,32)6)44-35-25(4)31-13-9-23(2)30-14-10-24(3)43-36(45-35)39(30,31)46-42/h22-36,41-42H,7-21,40H2,1-6H3/t22-,23-,24+,25-,26-,27-,28+,29-,30+,31+,32+,33+,34+,35+,36?,37+,38-,39-/m1/s1. The van der Waals surface area contributed by atoms with E-state index >= 15 is 0 Å². The summed E-state index contributed by atoms with van der Waals surface area (Å²) in [5.41, 5.74) is 5.38. The number of ether oxygens (including phenoxy) is 3. The van der Waals surface area contributed by atoms with Crippen molar-refractivity contribution in [3.8, 4) is 0 Å². The second-order valence-electron chi connectivity index (χ2n) is 18.3. The zero-order valence-electron chi connectivity index (χ0n) is 29.9. The Bertz CT molecular complexity index is 1080. The Labute approximate surface area is 279 Å². The molecule has 0 bridgehead atoms. The Morgan fingerprint density at radius 3 is 2.39 bits per heavy atom. The predicted octanol–water partition coefficient (Wildman–Crippen LogP) is 7.78. The first-order valence-corrected chi connectivity index (χ1v) is 19.7. The number of aliphatic hydroxyl groups is 1. The summed E-state index contributed by atoms with van der Waals surface area (Å²) in [5, 5.41) is 22.5. The molecular formula is C39H67NO6. The fourth-order valence-corrected chi connectivity index (χ4v) is 13.9. The van der Waals surface area contributed by atoms with Gasteiger partial charge in [-0.2, -0.15) is 0 Å². The summed E-state index contributed by atoms with van der Waals surface area (Å²) in [5.74, 6) is 4.81. The second-order valence-corrected chi connectivity index (χ2v) is 18.3. The molecule has 5 aliphatic carbocycles. The minimum Gasteiger partial charge on any atom is -0.393 e. The molecule has 2 heterocycles. The molecular weight excluding hydrogens is 578 g/mol. The smallest absolute Gasteiger partial charge is 0.193 e. The third-order valence-electron chi connectivity index (χ3n) is 16.5. The number of hydrogen-bond acceptors (Lipinski definition) is 7. The van der Waals surface area contributed by atoms with E-state index in [9.17, 15) is 10.4 Å². The largest absolute Gasteiger partial charge is 0.393 e. The molecule has 0 aromatic heterocycles. The van der Waals surface area contributed by atoms with Gasteiger partial charge in [-0.1, -0.05) is 34.6 Å². The van der Waals surface area contributed by atoms with Crippen molar-refractivity contribution >= 4 is 0 Å². The average molecular weight is 646 g/mol. The Balaban J connectivity index is 1.04. The molecule has 7 fully saturated rings. The van der Waals surface area contributed by atoms with Crippen LogP contribution in [0, 0.1) is 70.0 Å². The number of hydrogen-bond donors (Lipinski definition) is 3. The lowest BCUT2D eigenvalue weighted by molar-refractivity contribution is -0.462. The fraction of sp³-hybridized carbons (Fsp3) is 1.00. The maximum atomic E-state index is 12.0. The fourth-order valence-electron chi connectivity index (χ4n) is 13.9. The van der Waals surface area contributed by atoms with Gasteiger partial charge in [0, 0.05) is 11.8 Å². The van der Waals surface area contributed by atoms with Gasteiger partial charge in [-0.25, -0.2) is 4.89 Å². The highest BCUT2D eigenvalue weighted by Gasteiger charge is 2.66.